The molecule has 3 aliphatic rings. The van der Waals surface area contributed by atoms with Crippen molar-refractivity contribution in [2.75, 3.05) is 0 Å². The van der Waals surface area contributed by atoms with Crippen molar-refractivity contribution in [2.24, 2.45) is 11.3 Å². The number of aromatic hydroxyl groups is 2. The van der Waals surface area contributed by atoms with E-state index < -0.39 is 0 Å². The Morgan fingerprint density at radius 1 is 1.17 bits per heavy atom. The molecule has 1 aliphatic carbocycles. The van der Waals surface area contributed by atoms with E-state index in [4.69, 9.17) is 4.74 Å². The Bertz CT molecular complexity index is 661. The van der Waals surface area contributed by atoms with Gasteiger partial charge in [-0.3, -0.25) is 0 Å². The zero-order valence-electron chi connectivity index (χ0n) is 14.6. The summed E-state index contributed by atoms with van der Waals surface area (Å²) in [6.45, 7) is 8.82. The number of ether oxygens (including phenoxy) is 1. The molecule has 2 N–H and O–H groups in total. The molecule has 4 rings (SSSR count). The van der Waals surface area contributed by atoms with Gasteiger partial charge >= 0.3 is 0 Å². The topological polar surface area (TPSA) is 49.7 Å². The number of benzene rings is 1. The van der Waals surface area contributed by atoms with E-state index in [1.165, 1.54) is 12.8 Å². The van der Waals surface area contributed by atoms with Crippen LogP contribution in [0.25, 0.3) is 0 Å². The molecule has 2 bridgehead atoms. The van der Waals surface area contributed by atoms with Crippen LogP contribution in [0.5, 0.6) is 11.5 Å². The minimum absolute atomic E-state index is 0.0723. The molecule has 0 radical (unpaired) electrons. The molecular formula is C20H28O3. The maximum atomic E-state index is 10.6. The zero-order chi connectivity index (χ0) is 16.6. The van der Waals surface area contributed by atoms with Crippen LogP contribution < -0.4 is 0 Å². The van der Waals surface area contributed by atoms with Crippen LogP contribution in [0.1, 0.15) is 82.1 Å². The van der Waals surface area contributed by atoms with E-state index in [1.807, 2.05) is 13.8 Å². The Labute approximate surface area is 138 Å². The number of phenolic OH excluding ortho intramolecular Hbond substituents is 2. The predicted molar refractivity (Wildman–Crippen MR) is 89.9 cm³/mol. The lowest BCUT2D eigenvalue weighted by Crippen LogP contribution is -2.48. The Morgan fingerprint density at radius 3 is 2.61 bits per heavy atom. The van der Waals surface area contributed by atoms with Crippen LogP contribution in [0.3, 0.4) is 0 Å². The van der Waals surface area contributed by atoms with Crippen LogP contribution in [0, 0.1) is 11.3 Å². The van der Waals surface area contributed by atoms with Gasteiger partial charge in [0.15, 0.2) is 11.5 Å². The normalized spacial score (nSPS) is 34.3. The summed E-state index contributed by atoms with van der Waals surface area (Å²) in [6, 6.07) is 2.08. The minimum Gasteiger partial charge on any atom is -0.504 e. The van der Waals surface area contributed by atoms with Crippen LogP contribution >= 0.6 is 0 Å². The van der Waals surface area contributed by atoms with Crippen molar-refractivity contribution in [3.05, 3.63) is 22.8 Å². The third-order valence-corrected chi connectivity index (χ3v) is 6.71. The first-order valence-electron chi connectivity index (χ1n) is 9.00. The van der Waals surface area contributed by atoms with Gasteiger partial charge in [0.05, 0.1) is 11.7 Å². The van der Waals surface area contributed by atoms with Gasteiger partial charge in [0.25, 0.3) is 0 Å². The molecule has 23 heavy (non-hydrogen) atoms. The summed E-state index contributed by atoms with van der Waals surface area (Å²) in [7, 11) is 0. The van der Waals surface area contributed by atoms with Gasteiger partial charge < -0.3 is 14.9 Å². The van der Waals surface area contributed by atoms with Crippen LogP contribution in [-0.2, 0) is 11.2 Å². The fourth-order valence-corrected chi connectivity index (χ4v) is 5.52. The molecule has 1 aromatic carbocycles. The molecule has 2 heterocycles. The molecule has 0 amide bonds. The van der Waals surface area contributed by atoms with E-state index in [0.717, 1.165) is 36.0 Å². The van der Waals surface area contributed by atoms with Gasteiger partial charge in [-0.1, -0.05) is 34.1 Å². The summed E-state index contributed by atoms with van der Waals surface area (Å²) < 4.78 is 6.59. The highest BCUT2D eigenvalue weighted by Crippen LogP contribution is 2.63. The van der Waals surface area contributed by atoms with Crippen molar-refractivity contribution >= 4 is 0 Å². The number of phenols is 2. The van der Waals surface area contributed by atoms with Gasteiger partial charge in [-0.05, 0) is 48.1 Å². The molecule has 3 nitrogen and oxygen atoms in total. The van der Waals surface area contributed by atoms with E-state index in [9.17, 15) is 10.2 Å². The lowest BCUT2D eigenvalue weighted by atomic mass is 9.60. The standard InChI is InChI=1S/C20H28O3/c1-11(2)12-8-13-14(18(22)17(12)21)10-20-7-5-6-19(3,4)16(20)9-15(13)23-20/h8,11,15-16,21-22H,5-7,9-10H2,1-4H3/t15-,16+,20-/m0/s1. The molecule has 126 valence electrons. The van der Waals surface area contributed by atoms with Crippen molar-refractivity contribution in [1.29, 1.82) is 0 Å². The second-order valence-electron chi connectivity index (χ2n) is 8.86. The average molecular weight is 316 g/mol. The van der Waals surface area contributed by atoms with Gasteiger partial charge in [-0.25, -0.2) is 0 Å². The second kappa shape index (κ2) is 4.66. The van der Waals surface area contributed by atoms with Gasteiger partial charge in [0, 0.05) is 17.5 Å². The molecule has 3 atom stereocenters. The van der Waals surface area contributed by atoms with Gasteiger partial charge in [-0.15, -0.1) is 0 Å². The first-order valence-corrected chi connectivity index (χ1v) is 9.00. The molecule has 2 fully saturated rings. The summed E-state index contributed by atoms with van der Waals surface area (Å²) in [6.07, 6.45) is 5.36. The summed E-state index contributed by atoms with van der Waals surface area (Å²) in [5.74, 6) is 0.887. The smallest absolute Gasteiger partial charge is 0.161 e. The van der Waals surface area contributed by atoms with E-state index in [0.29, 0.717) is 5.92 Å². The molecule has 1 spiro atoms. The fourth-order valence-electron chi connectivity index (χ4n) is 5.52. The summed E-state index contributed by atoms with van der Waals surface area (Å²) in [5.41, 5.74) is 3.02. The third-order valence-electron chi connectivity index (χ3n) is 6.71. The maximum absolute atomic E-state index is 10.6. The van der Waals surface area contributed by atoms with Crippen LogP contribution in [0.15, 0.2) is 6.07 Å². The number of hydrogen-bond acceptors (Lipinski definition) is 3. The molecule has 1 saturated heterocycles. The monoisotopic (exact) mass is 316 g/mol. The highest BCUT2D eigenvalue weighted by molar-refractivity contribution is 5.57. The second-order valence-corrected chi connectivity index (χ2v) is 8.86. The van der Waals surface area contributed by atoms with E-state index in [-0.39, 0.29) is 34.5 Å². The average Bonchev–Trinajstić information content (AvgIpc) is 2.78. The highest BCUT2D eigenvalue weighted by atomic mass is 16.5. The Morgan fingerprint density at radius 2 is 1.91 bits per heavy atom. The van der Waals surface area contributed by atoms with E-state index in [2.05, 4.69) is 19.9 Å². The summed E-state index contributed by atoms with van der Waals surface area (Å²) >= 11 is 0. The lowest BCUT2D eigenvalue weighted by molar-refractivity contribution is -0.114. The first-order chi connectivity index (χ1) is 10.8. The Hall–Kier alpha value is -1.22. The predicted octanol–water partition coefficient (Wildman–Crippen LogP) is 4.80. The molecule has 1 saturated carbocycles. The third kappa shape index (κ3) is 1.98. The maximum Gasteiger partial charge on any atom is 0.161 e. The van der Waals surface area contributed by atoms with E-state index in [1.54, 1.807) is 0 Å². The lowest BCUT2D eigenvalue weighted by Gasteiger charge is -2.48. The van der Waals surface area contributed by atoms with Crippen molar-refractivity contribution in [3.8, 4) is 11.5 Å². The molecule has 3 heteroatoms. The van der Waals surface area contributed by atoms with Crippen molar-refractivity contribution in [2.45, 2.75) is 77.4 Å². The summed E-state index contributed by atoms with van der Waals surface area (Å²) in [4.78, 5) is 0. The fraction of sp³-hybridized carbons (Fsp3) is 0.700. The van der Waals surface area contributed by atoms with Gasteiger partial charge in [-0.2, -0.15) is 0 Å². The molecule has 0 unspecified atom stereocenters. The SMILES string of the molecule is CC(C)c1cc2c(c(O)c1O)C[C@@]13CCCC(C)(C)[C@H]1C[C@@H]2O3. The van der Waals surface area contributed by atoms with Crippen molar-refractivity contribution in [3.63, 3.8) is 0 Å². The number of fused-ring (bicyclic) bond motifs is 3. The Kier molecular flexibility index (Phi) is 3.10. The van der Waals surface area contributed by atoms with Crippen LogP contribution in [0.4, 0.5) is 0 Å². The van der Waals surface area contributed by atoms with Crippen LogP contribution in [-0.4, -0.2) is 15.8 Å². The van der Waals surface area contributed by atoms with Crippen molar-refractivity contribution in [1.82, 2.24) is 0 Å². The molecular weight excluding hydrogens is 288 g/mol. The Balaban J connectivity index is 1.85. The van der Waals surface area contributed by atoms with E-state index >= 15 is 0 Å². The number of rotatable bonds is 1. The summed E-state index contributed by atoms with van der Waals surface area (Å²) in [5, 5.41) is 21.1. The number of hydrogen-bond donors (Lipinski definition) is 2. The first kappa shape index (κ1) is 15.3. The molecule has 1 aromatic rings. The highest BCUT2D eigenvalue weighted by Gasteiger charge is 2.59. The zero-order valence-corrected chi connectivity index (χ0v) is 14.6. The van der Waals surface area contributed by atoms with Crippen molar-refractivity contribution < 1.29 is 14.9 Å². The largest absolute Gasteiger partial charge is 0.504 e. The molecule has 2 aliphatic heterocycles. The van der Waals surface area contributed by atoms with Crippen LogP contribution in [0.2, 0.25) is 0 Å². The van der Waals surface area contributed by atoms with Gasteiger partial charge in [0.1, 0.15) is 0 Å². The quantitative estimate of drug-likeness (QED) is 0.731. The minimum atomic E-state index is -0.136. The molecule has 0 aromatic heterocycles. The van der Waals surface area contributed by atoms with Gasteiger partial charge in [0.2, 0.25) is 0 Å².